The molecule has 0 aliphatic heterocycles. The third-order valence-electron chi connectivity index (χ3n) is 3.51. The zero-order chi connectivity index (χ0) is 10.7. The molecule has 1 N–H and O–H groups in total. The van der Waals surface area contributed by atoms with Gasteiger partial charge >= 0.3 is 0 Å². The Morgan fingerprint density at radius 3 is 2.87 bits per heavy atom. The molecule has 2 atom stereocenters. The van der Waals surface area contributed by atoms with E-state index in [1.807, 2.05) is 0 Å². The predicted octanol–water partition coefficient (Wildman–Crippen LogP) is 3.99. The van der Waals surface area contributed by atoms with Gasteiger partial charge in [0.05, 0.1) is 0 Å². The first-order valence-electron chi connectivity index (χ1n) is 6.11. The SMILES string of the molecule is CCC1CCC(Nc2cccc(C)c2)C1. The minimum absolute atomic E-state index is 0.705. The maximum atomic E-state index is 3.65. The fourth-order valence-electron chi connectivity index (χ4n) is 2.55. The summed E-state index contributed by atoms with van der Waals surface area (Å²) in [4.78, 5) is 0. The normalized spacial score (nSPS) is 25.5. The van der Waals surface area contributed by atoms with Crippen LogP contribution in [0.25, 0.3) is 0 Å². The fraction of sp³-hybridized carbons (Fsp3) is 0.571. The van der Waals surface area contributed by atoms with Gasteiger partial charge in [0.15, 0.2) is 0 Å². The zero-order valence-corrected chi connectivity index (χ0v) is 9.79. The van der Waals surface area contributed by atoms with Gasteiger partial charge in [0.25, 0.3) is 0 Å². The molecule has 1 heteroatoms. The summed E-state index contributed by atoms with van der Waals surface area (Å²) >= 11 is 0. The number of benzene rings is 1. The van der Waals surface area contributed by atoms with Crippen molar-refractivity contribution in [1.82, 2.24) is 0 Å². The molecule has 0 amide bonds. The first-order valence-corrected chi connectivity index (χ1v) is 6.11. The van der Waals surface area contributed by atoms with Crippen molar-refractivity contribution < 1.29 is 0 Å². The van der Waals surface area contributed by atoms with Crippen molar-refractivity contribution in [3.63, 3.8) is 0 Å². The molecule has 1 aromatic rings. The van der Waals surface area contributed by atoms with Crippen molar-refractivity contribution in [1.29, 1.82) is 0 Å². The summed E-state index contributed by atoms with van der Waals surface area (Å²) in [5, 5.41) is 3.65. The van der Waals surface area contributed by atoms with Crippen LogP contribution in [0.1, 0.15) is 38.2 Å². The monoisotopic (exact) mass is 203 g/mol. The topological polar surface area (TPSA) is 12.0 Å². The summed E-state index contributed by atoms with van der Waals surface area (Å²) < 4.78 is 0. The second-order valence-corrected chi connectivity index (χ2v) is 4.80. The molecule has 1 fully saturated rings. The lowest BCUT2D eigenvalue weighted by molar-refractivity contribution is 0.525. The molecule has 1 aliphatic rings. The number of aryl methyl sites for hydroxylation is 1. The van der Waals surface area contributed by atoms with Crippen molar-refractivity contribution >= 4 is 5.69 Å². The van der Waals surface area contributed by atoms with E-state index in [-0.39, 0.29) is 0 Å². The standard InChI is InChI=1S/C14H21N/c1-3-12-7-8-14(10-12)15-13-6-4-5-11(2)9-13/h4-6,9,12,14-15H,3,7-8,10H2,1-2H3. The van der Waals surface area contributed by atoms with Crippen LogP contribution in [0.4, 0.5) is 5.69 Å². The van der Waals surface area contributed by atoms with Crippen molar-refractivity contribution in [3.05, 3.63) is 29.8 Å². The predicted molar refractivity (Wildman–Crippen MR) is 66.2 cm³/mol. The van der Waals surface area contributed by atoms with Gasteiger partial charge in [0.1, 0.15) is 0 Å². The molecule has 1 saturated carbocycles. The molecule has 0 aromatic heterocycles. The van der Waals surface area contributed by atoms with Crippen LogP contribution in [-0.2, 0) is 0 Å². The molecular formula is C14H21N. The molecule has 15 heavy (non-hydrogen) atoms. The average Bonchev–Trinajstić information content (AvgIpc) is 2.65. The summed E-state index contributed by atoms with van der Waals surface area (Å²) in [5.74, 6) is 0.951. The lowest BCUT2D eigenvalue weighted by Crippen LogP contribution is -2.15. The van der Waals surface area contributed by atoms with E-state index in [0.717, 1.165) is 5.92 Å². The molecule has 2 unspecified atom stereocenters. The van der Waals surface area contributed by atoms with Gasteiger partial charge in [-0.05, 0) is 49.8 Å². The second kappa shape index (κ2) is 4.69. The summed E-state index contributed by atoms with van der Waals surface area (Å²) in [6, 6.07) is 9.39. The van der Waals surface area contributed by atoms with Crippen LogP contribution in [0.3, 0.4) is 0 Å². The minimum atomic E-state index is 0.705. The molecule has 0 radical (unpaired) electrons. The summed E-state index contributed by atoms with van der Waals surface area (Å²) in [5.41, 5.74) is 2.63. The number of hydrogen-bond acceptors (Lipinski definition) is 1. The molecule has 1 nitrogen and oxygen atoms in total. The minimum Gasteiger partial charge on any atom is -0.382 e. The molecule has 0 spiro atoms. The van der Waals surface area contributed by atoms with Crippen LogP contribution in [0.15, 0.2) is 24.3 Å². The maximum Gasteiger partial charge on any atom is 0.0344 e. The van der Waals surface area contributed by atoms with E-state index in [2.05, 4.69) is 43.4 Å². The van der Waals surface area contributed by atoms with Gasteiger partial charge in [0.2, 0.25) is 0 Å². The van der Waals surface area contributed by atoms with E-state index in [1.54, 1.807) is 0 Å². The summed E-state index contributed by atoms with van der Waals surface area (Å²) in [6.45, 7) is 4.45. The number of rotatable bonds is 3. The maximum absolute atomic E-state index is 3.65. The largest absolute Gasteiger partial charge is 0.382 e. The Labute approximate surface area is 92.9 Å². The highest BCUT2D eigenvalue weighted by Gasteiger charge is 2.22. The van der Waals surface area contributed by atoms with Crippen LogP contribution in [-0.4, -0.2) is 6.04 Å². The third-order valence-corrected chi connectivity index (χ3v) is 3.51. The lowest BCUT2D eigenvalue weighted by atomic mass is 10.1. The first-order chi connectivity index (χ1) is 7.28. The van der Waals surface area contributed by atoms with E-state index in [4.69, 9.17) is 0 Å². The number of anilines is 1. The molecule has 82 valence electrons. The lowest BCUT2D eigenvalue weighted by Gasteiger charge is -2.14. The van der Waals surface area contributed by atoms with Crippen LogP contribution in [0, 0.1) is 12.8 Å². The number of nitrogens with one attached hydrogen (secondary N) is 1. The van der Waals surface area contributed by atoms with E-state index in [0.29, 0.717) is 6.04 Å². The Bertz CT molecular complexity index is 319. The molecule has 0 bridgehead atoms. The number of hydrogen-bond donors (Lipinski definition) is 1. The van der Waals surface area contributed by atoms with E-state index in [1.165, 1.54) is 36.9 Å². The van der Waals surface area contributed by atoms with Crippen LogP contribution < -0.4 is 5.32 Å². The molecule has 0 heterocycles. The second-order valence-electron chi connectivity index (χ2n) is 4.80. The first kappa shape index (κ1) is 10.5. The highest BCUT2D eigenvalue weighted by atomic mass is 14.9. The van der Waals surface area contributed by atoms with Gasteiger partial charge < -0.3 is 5.32 Å². The Balaban J connectivity index is 1.92. The molecule has 1 aromatic carbocycles. The van der Waals surface area contributed by atoms with Gasteiger partial charge in [-0.15, -0.1) is 0 Å². The van der Waals surface area contributed by atoms with Crippen molar-refractivity contribution in [3.8, 4) is 0 Å². The van der Waals surface area contributed by atoms with Gasteiger partial charge in [0, 0.05) is 11.7 Å². The van der Waals surface area contributed by atoms with Gasteiger partial charge in [-0.3, -0.25) is 0 Å². The highest BCUT2D eigenvalue weighted by molar-refractivity contribution is 5.46. The van der Waals surface area contributed by atoms with E-state index < -0.39 is 0 Å². The van der Waals surface area contributed by atoms with Gasteiger partial charge in [-0.1, -0.05) is 25.5 Å². The average molecular weight is 203 g/mol. The molecule has 1 aliphatic carbocycles. The fourth-order valence-corrected chi connectivity index (χ4v) is 2.55. The Kier molecular flexibility index (Phi) is 3.30. The van der Waals surface area contributed by atoms with Crippen LogP contribution in [0.5, 0.6) is 0 Å². The molecule has 0 saturated heterocycles. The van der Waals surface area contributed by atoms with Crippen LogP contribution in [0.2, 0.25) is 0 Å². The van der Waals surface area contributed by atoms with E-state index in [9.17, 15) is 0 Å². The third kappa shape index (κ3) is 2.74. The quantitative estimate of drug-likeness (QED) is 0.783. The Morgan fingerprint density at radius 2 is 2.20 bits per heavy atom. The van der Waals surface area contributed by atoms with E-state index >= 15 is 0 Å². The molecule has 2 rings (SSSR count). The highest BCUT2D eigenvalue weighted by Crippen LogP contribution is 2.30. The summed E-state index contributed by atoms with van der Waals surface area (Å²) in [6.07, 6.45) is 5.43. The van der Waals surface area contributed by atoms with Crippen molar-refractivity contribution in [2.75, 3.05) is 5.32 Å². The smallest absolute Gasteiger partial charge is 0.0344 e. The van der Waals surface area contributed by atoms with Crippen LogP contribution >= 0.6 is 0 Å². The molecular weight excluding hydrogens is 182 g/mol. The van der Waals surface area contributed by atoms with Crippen molar-refractivity contribution in [2.24, 2.45) is 5.92 Å². The Morgan fingerprint density at radius 1 is 1.33 bits per heavy atom. The summed E-state index contributed by atoms with van der Waals surface area (Å²) in [7, 11) is 0. The Hall–Kier alpha value is -0.980. The zero-order valence-electron chi connectivity index (χ0n) is 9.79. The van der Waals surface area contributed by atoms with Gasteiger partial charge in [-0.25, -0.2) is 0 Å². The van der Waals surface area contributed by atoms with Gasteiger partial charge in [-0.2, -0.15) is 0 Å². The van der Waals surface area contributed by atoms with Crippen molar-refractivity contribution in [2.45, 2.75) is 45.6 Å².